The second kappa shape index (κ2) is 6.39. The third-order valence-electron chi connectivity index (χ3n) is 2.77. The van der Waals surface area contributed by atoms with Crippen molar-refractivity contribution in [1.82, 2.24) is 4.98 Å². The molecule has 0 saturated carbocycles. The number of aromatic nitrogens is 1. The van der Waals surface area contributed by atoms with Crippen LogP contribution in [0.4, 0.5) is 10.6 Å². The van der Waals surface area contributed by atoms with Gasteiger partial charge in [-0.15, -0.1) is 0 Å². The molecule has 0 fully saturated rings. The van der Waals surface area contributed by atoms with E-state index in [1.54, 1.807) is 33.0 Å². The van der Waals surface area contributed by atoms with Gasteiger partial charge in [0, 0.05) is 11.8 Å². The highest BCUT2D eigenvalue weighted by Crippen LogP contribution is 2.22. The molecule has 0 bridgehead atoms. The average molecular weight is 298 g/mol. The van der Waals surface area contributed by atoms with Gasteiger partial charge in [0.15, 0.2) is 6.29 Å². The number of hydrogen-bond acceptors (Lipinski definition) is 4. The van der Waals surface area contributed by atoms with Crippen LogP contribution in [0.1, 0.15) is 31.1 Å². The van der Waals surface area contributed by atoms with E-state index >= 15 is 0 Å². The minimum atomic E-state index is -0.643. The summed E-state index contributed by atoms with van der Waals surface area (Å²) in [5, 5.41) is 2.49. The SMILES string of the molecule is CC(C)(C)OC(=O)Nc1ncc(-c2ccccc2)cc1C=O. The summed E-state index contributed by atoms with van der Waals surface area (Å²) >= 11 is 0. The topological polar surface area (TPSA) is 68.3 Å². The molecule has 1 N–H and O–H groups in total. The van der Waals surface area contributed by atoms with Crippen molar-refractivity contribution in [1.29, 1.82) is 0 Å². The second-order valence-corrected chi connectivity index (χ2v) is 5.77. The smallest absolute Gasteiger partial charge is 0.413 e. The molecule has 0 spiro atoms. The molecule has 0 radical (unpaired) electrons. The zero-order chi connectivity index (χ0) is 16.2. The lowest BCUT2D eigenvalue weighted by Crippen LogP contribution is -2.27. The Labute approximate surface area is 129 Å². The maximum absolute atomic E-state index is 11.8. The van der Waals surface area contributed by atoms with E-state index in [4.69, 9.17) is 4.74 Å². The predicted octanol–water partition coefficient (Wildman–Crippen LogP) is 3.91. The summed E-state index contributed by atoms with van der Waals surface area (Å²) < 4.78 is 5.15. The highest BCUT2D eigenvalue weighted by atomic mass is 16.6. The fraction of sp³-hybridized carbons (Fsp3) is 0.235. The predicted molar refractivity (Wildman–Crippen MR) is 84.9 cm³/mol. The summed E-state index contributed by atoms with van der Waals surface area (Å²) in [4.78, 5) is 27.2. The van der Waals surface area contributed by atoms with Crippen molar-refractivity contribution in [3.63, 3.8) is 0 Å². The lowest BCUT2D eigenvalue weighted by Gasteiger charge is -2.19. The Morgan fingerprint density at radius 1 is 1.18 bits per heavy atom. The van der Waals surface area contributed by atoms with Crippen molar-refractivity contribution in [3.8, 4) is 11.1 Å². The standard InChI is InChI=1S/C17H18N2O3/c1-17(2,3)22-16(21)19-15-14(11-20)9-13(10-18-15)12-7-5-4-6-8-12/h4-11H,1-3H3,(H,18,19,21). The number of ether oxygens (including phenoxy) is 1. The summed E-state index contributed by atoms with van der Waals surface area (Å²) in [6.45, 7) is 5.29. The number of pyridine rings is 1. The van der Waals surface area contributed by atoms with Crippen LogP contribution in [0.2, 0.25) is 0 Å². The highest BCUT2D eigenvalue weighted by Gasteiger charge is 2.18. The molecule has 0 unspecified atom stereocenters. The van der Waals surface area contributed by atoms with Crippen LogP contribution >= 0.6 is 0 Å². The van der Waals surface area contributed by atoms with Crippen LogP contribution in [0.15, 0.2) is 42.6 Å². The molecule has 0 atom stereocenters. The first-order chi connectivity index (χ1) is 10.4. The molecule has 1 heterocycles. The summed E-state index contributed by atoms with van der Waals surface area (Å²) in [6.07, 6.45) is 1.62. The molecule has 22 heavy (non-hydrogen) atoms. The number of nitrogens with one attached hydrogen (secondary N) is 1. The first-order valence-corrected chi connectivity index (χ1v) is 6.90. The Morgan fingerprint density at radius 3 is 2.45 bits per heavy atom. The maximum Gasteiger partial charge on any atom is 0.413 e. The van der Waals surface area contributed by atoms with Gasteiger partial charge in [-0.05, 0) is 32.4 Å². The molecular formula is C17H18N2O3. The molecule has 5 nitrogen and oxygen atoms in total. The number of carbonyl (C=O) groups excluding carboxylic acids is 2. The van der Waals surface area contributed by atoms with Crippen molar-refractivity contribution in [3.05, 3.63) is 48.2 Å². The summed E-state index contributed by atoms with van der Waals surface area (Å²) in [6, 6.07) is 11.3. The molecule has 5 heteroatoms. The summed E-state index contributed by atoms with van der Waals surface area (Å²) in [5.41, 5.74) is 1.43. The number of carbonyl (C=O) groups is 2. The fourth-order valence-corrected chi connectivity index (χ4v) is 1.86. The number of hydrogen-bond donors (Lipinski definition) is 1. The number of benzene rings is 1. The Bertz CT molecular complexity index is 676. The average Bonchev–Trinajstić information content (AvgIpc) is 2.46. The van der Waals surface area contributed by atoms with E-state index in [1.807, 2.05) is 30.3 Å². The molecular weight excluding hydrogens is 280 g/mol. The van der Waals surface area contributed by atoms with Gasteiger partial charge in [0.1, 0.15) is 11.4 Å². The van der Waals surface area contributed by atoms with Gasteiger partial charge >= 0.3 is 6.09 Å². The molecule has 114 valence electrons. The Morgan fingerprint density at radius 2 is 1.86 bits per heavy atom. The summed E-state index contributed by atoms with van der Waals surface area (Å²) in [7, 11) is 0. The number of amides is 1. The van der Waals surface area contributed by atoms with Gasteiger partial charge in [-0.1, -0.05) is 30.3 Å². The minimum Gasteiger partial charge on any atom is -0.444 e. The lowest BCUT2D eigenvalue weighted by molar-refractivity contribution is 0.0635. The third-order valence-corrected chi connectivity index (χ3v) is 2.77. The van der Waals surface area contributed by atoms with Crippen LogP contribution in [0.25, 0.3) is 11.1 Å². The van der Waals surface area contributed by atoms with E-state index in [0.29, 0.717) is 11.8 Å². The molecule has 1 amide bonds. The Kier molecular flexibility index (Phi) is 4.56. The van der Waals surface area contributed by atoms with E-state index in [2.05, 4.69) is 10.3 Å². The van der Waals surface area contributed by atoms with E-state index in [-0.39, 0.29) is 5.82 Å². The zero-order valence-electron chi connectivity index (χ0n) is 12.8. The quantitative estimate of drug-likeness (QED) is 0.872. The number of rotatable bonds is 3. The minimum absolute atomic E-state index is 0.184. The first-order valence-electron chi connectivity index (χ1n) is 6.90. The molecule has 1 aromatic heterocycles. The second-order valence-electron chi connectivity index (χ2n) is 5.77. The number of aldehydes is 1. The zero-order valence-corrected chi connectivity index (χ0v) is 12.8. The Hall–Kier alpha value is -2.69. The van der Waals surface area contributed by atoms with Gasteiger partial charge in [0.05, 0.1) is 5.56 Å². The van der Waals surface area contributed by atoms with Crippen LogP contribution < -0.4 is 5.32 Å². The molecule has 2 aromatic rings. The van der Waals surface area contributed by atoms with Crippen molar-refractivity contribution >= 4 is 18.2 Å². The van der Waals surface area contributed by atoms with Gasteiger partial charge in [0.25, 0.3) is 0 Å². The van der Waals surface area contributed by atoms with Crippen LogP contribution in [0, 0.1) is 0 Å². The fourth-order valence-electron chi connectivity index (χ4n) is 1.86. The van der Waals surface area contributed by atoms with Gasteiger partial charge in [-0.25, -0.2) is 9.78 Å². The van der Waals surface area contributed by atoms with Crippen molar-refractivity contribution < 1.29 is 14.3 Å². The molecule has 1 aromatic carbocycles. The number of anilines is 1. The normalized spacial score (nSPS) is 10.9. The monoisotopic (exact) mass is 298 g/mol. The molecule has 0 saturated heterocycles. The molecule has 2 rings (SSSR count). The first kappa shape index (κ1) is 15.7. The number of nitrogens with zero attached hydrogens (tertiary/aromatic N) is 1. The lowest BCUT2D eigenvalue weighted by atomic mass is 10.1. The third kappa shape index (κ3) is 4.15. The highest BCUT2D eigenvalue weighted by molar-refractivity contribution is 5.92. The van der Waals surface area contributed by atoms with E-state index < -0.39 is 11.7 Å². The summed E-state index contributed by atoms with van der Waals surface area (Å²) in [5.74, 6) is 0.184. The van der Waals surface area contributed by atoms with Crippen LogP contribution in [-0.4, -0.2) is 23.0 Å². The van der Waals surface area contributed by atoms with Crippen LogP contribution in [0.3, 0.4) is 0 Å². The van der Waals surface area contributed by atoms with E-state index in [0.717, 1.165) is 11.1 Å². The van der Waals surface area contributed by atoms with Gasteiger partial charge in [-0.3, -0.25) is 10.1 Å². The Balaban J connectivity index is 2.24. The van der Waals surface area contributed by atoms with E-state index in [1.165, 1.54) is 0 Å². The van der Waals surface area contributed by atoms with Crippen LogP contribution in [-0.2, 0) is 4.74 Å². The van der Waals surface area contributed by atoms with Gasteiger partial charge in [0.2, 0.25) is 0 Å². The van der Waals surface area contributed by atoms with Crippen LogP contribution in [0.5, 0.6) is 0 Å². The maximum atomic E-state index is 11.8. The molecule has 0 aliphatic carbocycles. The largest absolute Gasteiger partial charge is 0.444 e. The van der Waals surface area contributed by atoms with Crippen molar-refractivity contribution in [2.45, 2.75) is 26.4 Å². The van der Waals surface area contributed by atoms with Crippen molar-refractivity contribution in [2.75, 3.05) is 5.32 Å². The molecule has 0 aliphatic rings. The van der Waals surface area contributed by atoms with E-state index in [9.17, 15) is 9.59 Å². The molecule has 0 aliphatic heterocycles. The van der Waals surface area contributed by atoms with Gasteiger partial charge < -0.3 is 4.74 Å². The van der Waals surface area contributed by atoms with Crippen molar-refractivity contribution in [2.24, 2.45) is 0 Å². The van der Waals surface area contributed by atoms with Gasteiger partial charge in [-0.2, -0.15) is 0 Å².